The van der Waals surface area contributed by atoms with Crippen LogP contribution in [0.3, 0.4) is 0 Å². The Morgan fingerprint density at radius 3 is 2.48 bits per heavy atom. The fourth-order valence-electron chi connectivity index (χ4n) is 1.71. The summed E-state index contributed by atoms with van der Waals surface area (Å²) in [6.07, 6.45) is 3.58. The van der Waals surface area contributed by atoms with Gasteiger partial charge in [-0.05, 0) is 66.6 Å². The van der Waals surface area contributed by atoms with Crippen LogP contribution in [-0.2, 0) is 4.79 Å². The fourth-order valence-corrected chi connectivity index (χ4v) is 2.51. The number of allylic oxidation sites excluding steroid dienone is 1. The van der Waals surface area contributed by atoms with E-state index in [0.717, 1.165) is 4.47 Å². The van der Waals surface area contributed by atoms with Gasteiger partial charge in [-0.1, -0.05) is 33.6 Å². The molecule has 0 aliphatic carbocycles. The van der Waals surface area contributed by atoms with Crippen molar-refractivity contribution in [1.82, 2.24) is 0 Å². The highest BCUT2D eigenvalue weighted by Crippen LogP contribution is 2.32. The van der Waals surface area contributed by atoms with Crippen molar-refractivity contribution in [3.63, 3.8) is 0 Å². The molecule has 0 N–H and O–H groups in total. The molecule has 0 atom stereocenters. The minimum atomic E-state index is -0.488. The van der Waals surface area contributed by atoms with E-state index in [4.69, 9.17) is 32.7 Å². The number of rotatable bonds is 7. The van der Waals surface area contributed by atoms with Crippen LogP contribution in [0, 0.1) is 0 Å². The van der Waals surface area contributed by atoms with Gasteiger partial charge in [0.15, 0.2) is 0 Å². The fraction of sp³-hybridized carbons (Fsp3) is 0.118. The summed E-state index contributed by atoms with van der Waals surface area (Å²) in [5, 5.41) is 0.0402. The first-order valence-corrected chi connectivity index (χ1v) is 8.31. The van der Waals surface area contributed by atoms with E-state index in [1.807, 2.05) is 6.07 Å². The summed E-state index contributed by atoms with van der Waals surface area (Å²) in [5.41, 5.74) is 0. The van der Waals surface area contributed by atoms with E-state index in [0.29, 0.717) is 35.3 Å². The molecule has 6 heteroatoms. The second-order valence-corrected chi connectivity index (χ2v) is 6.19. The molecule has 2 rings (SSSR count). The van der Waals surface area contributed by atoms with Crippen LogP contribution in [0.4, 0.5) is 0 Å². The molecule has 2 aromatic rings. The SMILES string of the molecule is O=C(Cl)C=CCCOc1ccc(Oc2ccc(Br)cc2Cl)cc1. The highest BCUT2D eigenvalue weighted by atomic mass is 79.9. The summed E-state index contributed by atoms with van der Waals surface area (Å²) in [7, 11) is 0. The Balaban J connectivity index is 1.88. The number of carbonyl (C=O) groups excluding carboxylic acids is 1. The lowest BCUT2D eigenvalue weighted by Gasteiger charge is -2.09. The Labute approximate surface area is 152 Å². The molecule has 0 amide bonds. The average molecular weight is 416 g/mol. The monoisotopic (exact) mass is 414 g/mol. The van der Waals surface area contributed by atoms with Gasteiger partial charge in [-0.25, -0.2) is 0 Å². The minimum Gasteiger partial charge on any atom is -0.493 e. The van der Waals surface area contributed by atoms with Gasteiger partial charge in [0.05, 0.1) is 11.6 Å². The molecular formula is C17H13BrCl2O3. The van der Waals surface area contributed by atoms with Gasteiger partial charge in [0.2, 0.25) is 5.24 Å². The number of carbonyl (C=O) groups is 1. The lowest BCUT2D eigenvalue weighted by Crippen LogP contribution is -1.95. The molecule has 0 unspecified atom stereocenters. The van der Waals surface area contributed by atoms with Gasteiger partial charge >= 0.3 is 0 Å². The first kappa shape index (κ1) is 17.9. The van der Waals surface area contributed by atoms with Crippen molar-refractivity contribution in [1.29, 1.82) is 0 Å². The van der Waals surface area contributed by atoms with Gasteiger partial charge < -0.3 is 9.47 Å². The quantitative estimate of drug-likeness (QED) is 0.316. The largest absolute Gasteiger partial charge is 0.493 e. The van der Waals surface area contributed by atoms with E-state index in [-0.39, 0.29) is 0 Å². The number of halogens is 3. The van der Waals surface area contributed by atoms with Crippen molar-refractivity contribution in [2.75, 3.05) is 6.61 Å². The maximum absolute atomic E-state index is 10.5. The zero-order valence-electron chi connectivity index (χ0n) is 12.0. The summed E-state index contributed by atoms with van der Waals surface area (Å²) >= 11 is 14.6. The highest BCUT2D eigenvalue weighted by molar-refractivity contribution is 9.10. The van der Waals surface area contributed by atoms with E-state index < -0.39 is 5.24 Å². The molecule has 0 bridgehead atoms. The maximum atomic E-state index is 10.5. The van der Waals surface area contributed by atoms with Crippen LogP contribution in [0.15, 0.2) is 59.1 Å². The highest BCUT2D eigenvalue weighted by Gasteiger charge is 2.04. The number of ether oxygens (including phenoxy) is 2. The zero-order valence-corrected chi connectivity index (χ0v) is 15.1. The van der Waals surface area contributed by atoms with Gasteiger partial charge in [-0.2, -0.15) is 0 Å². The molecule has 0 heterocycles. The Morgan fingerprint density at radius 2 is 1.83 bits per heavy atom. The molecule has 0 saturated heterocycles. The Hall–Kier alpha value is -1.49. The van der Waals surface area contributed by atoms with E-state index >= 15 is 0 Å². The van der Waals surface area contributed by atoms with Crippen molar-refractivity contribution < 1.29 is 14.3 Å². The lowest BCUT2D eigenvalue weighted by molar-refractivity contribution is -0.107. The molecule has 23 heavy (non-hydrogen) atoms. The van der Waals surface area contributed by atoms with E-state index in [1.165, 1.54) is 6.08 Å². The number of hydrogen-bond donors (Lipinski definition) is 0. The summed E-state index contributed by atoms with van der Waals surface area (Å²) in [6.45, 7) is 0.458. The van der Waals surface area contributed by atoms with Crippen LogP contribution < -0.4 is 9.47 Å². The van der Waals surface area contributed by atoms with Crippen LogP contribution >= 0.6 is 39.1 Å². The normalized spacial score (nSPS) is 10.7. The summed E-state index contributed by atoms with van der Waals surface area (Å²) in [4.78, 5) is 10.5. The summed E-state index contributed by atoms with van der Waals surface area (Å²) in [6, 6.07) is 12.6. The molecular weight excluding hydrogens is 403 g/mol. The van der Waals surface area contributed by atoms with E-state index in [9.17, 15) is 4.79 Å². The molecule has 0 fully saturated rings. The third-order valence-electron chi connectivity index (χ3n) is 2.75. The van der Waals surface area contributed by atoms with Crippen LogP contribution in [0.1, 0.15) is 6.42 Å². The van der Waals surface area contributed by atoms with Gasteiger partial charge in [-0.15, -0.1) is 0 Å². The molecule has 2 aromatic carbocycles. The molecule has 0 spiro atoms. The predicted octanol–water partition coefficient (Wildman–Crippen LogP) is 5.99. The maximum Gasteiger partial charge on any atom is 0.244 e. The molecule has 0 radical (unpaired) electrons. The molecule has 3 nitrogen and oxygen atoms in total. The summed E-state index contributed by atoms with van der Waals surface area (Å²) in [5.74, 6) is 1.96. The molecule has 0 aromatic heterocycles. The Kier molecular flexibility index (Phi) is 6.96. The third-order valence-corrected chi connectivity index (χ3v) is 3.66. The smallest absolute Gasteiger partial charge is 0.244 e. The van der Waals surface area contributed by atoms with Crippen LogP contribution in [0.2, 0.25) is 5.02 Å². The first-order valence-electron chi connectivity index (χ1n) is 6.76. The lowest BCUT2D eigenvalue weighted by atomic mass is 10.3. The number of hydrogen-bond acceptors (Lipinski definition) is 3. The zero-order chi connectivity index (χ0) is 16.7. The first-order chi connectivity index (χ1) is 11.0. The van der Waals surface area contributed by atoms with Crippen LogP contribution in [-0.4, -0.2) is 11.8 Å². The van der Waals surface area contributed by atoms with Gasteiger partial charge in [0.1, 0.15) is 17.2 Å². The minimum absolute atomic E-state index is 0.458. The van der Waals surface area contributed by atoms with Crippen molar-refractivity contribution in [2.24, 2.45) is 0 Å². The van der Waals surface area contributed by atoms with E-state index in [2.05, 4.69) is 15.9 Å². The second kappa shape index (κ2) is 8.96. The van der Waals surface area contributed by atoms with Crippen LogP contribution in [0.5, 0.6) is 17.2 Å². The van der Waals surface area contributed by atoms with Gasteiger partial charge in [-0.3, -0.25) is 4.79 Å². The molecule has 0 aliphatic heterocycles. The predicted molar refractivity (Wildman–Crippen MR) is 95.8 cm³/mol. The standard InChI is InChI=1S/C17H13BrCl2O3/c18-12-4-9-16(15(19)11-12)23-14-7-5-13(6-8-14)22-10-2-1-3-17(20)21/h1,3-9,11H,2,10H2. The molecule has 120 valence electrons. The number of benzene rings is 2. The van der Waals surface area contributed by atoms with Gasteiger partial charge in [0, 0.05) is 4.47 Å². The molecule has 0 aliphatic rings. The topological polar surface area (TPSA) is 35.5 Å². The van der Waals surface area contributed by atoms with Crippen molar-refractivity contribution in [3.05, 3.63) is 64.1 Å². The van der Waals surface area contributed by atoms with Crippen molar-refractivity contribution in [3.8, 4) is 17.2 Å². The Morgan fingerprint density at radius 1 is 1.13 bits per heavy atom. The molecule has 0 saturated carbocycles. The van der Waals surface area contributed by atoms with E-state index in [1.54, 1.807) is 42.5 Å². The second-order valence-electron chi connectivity index (χ2n) is 4.49. The van der Waals surface area contributed by atoms with Crippen LogP contribution in [0.25, 0.3) is 0 Å². The third kappa shape index (κ3) is 6.26. The van der Waals surface area contributed by atoms with Crippen molar-refractivity contribution >= 4 is 44.4 Å². The van der Waals surface area contributed by atoms with Crippen molar-refractivity contribution in [2.45, 2.75) is 6.42 Å². The average Bonchev–Trinajstić information content (AvgIpc) is 2.51. The summed E-state index contributed by atoms with van der Waals surface area (Å²) < 4.78 is 12.1. The van der Waals surface area contributed by atoms with Gasteiger partial charge in [0.25, 0.3) is 0 Å². The Bertz CT molecular complexity index is 699.